The van der Waals surface area contributed by atoms with E-state index in [0.717, 1.165) is 0 Å². The van der Waals surface area contributed by atoms with Crippen LogP contribution in [-0.4, -0.2) is 46.6 Å². The molecule has 0 amide bonds. The van der Waals surface area contributed by atoms with Gasteiger partial charge in [-0.1, -0.05) is 6.07 Å². The number of nitrogens with zero attached hydrogens (tertiary/aromatic N) is 1. The number of benzene rings is 1. The minimum Gasteiger partial charge on any atom is -0.478 e. The smallest absolute Gasteiger partial charge is 0.337 e. The van der Waals surface area contributed by atoms with Crippen molar-refractivity contribution in [1.82, 2.24) is 0 Å². The van der Waals surface area contributed by atoms with Crippen molar-refractivity contribution in [1.29, 1.82) is 0 Å². The van der Waals surface area contributed by atoms with Crippen LogP contribution in [0.3, 0.4) is 0 Å². The Labute approximate surface area is 97.9 Å². The molecule has 0 saturated carbocycles. The maximum atomic E-state index is 10.9. The lowest BCUT2D eigenvalue weighted by Gasteiger charge is -2.20. The summed E-state index contributed by atoms with van der Waals surface area (Å²) in [5, 5.41) is 27.8. The van der Waals surface area contributed by atoms with Crippen molar-refractivity contribution in [3.8, 4) is 0 Å². The summed E-state index contributed by atoms with van der Waals surface area (Å²) >= 11 is 0. The molecular weight excluding hydrogens is 224 g/mol. The van der Waals surface area contributed by atoms with Crippen molar-refractivity contribution in [2.24, 2.45) is 0 Å². The van der Waals surface area contributed by atoms with Gasteiger partial charge in [0.2, 0.25) is 0 Å². The molecule has 0 bridgehead atoms. The summed E-state index contributed by atoms with van der Waals surface area (Å²) in [6, 6.07) is 4.68. The number of carbonyl (C=O) groups is 1. The Kier molecular flexibility index (Phi) is 2.91. The average Bonchev–Trinajstić information content (AvgIpc) is 2.59. The molecule has 1 aromatic carbocycles. The Hall–Kier alpha value is -1.79. The number of rotatable bonds is 2. The second-order valence-electron chi connectivity index (χ2n) is 4.08. The zero-order valence-electron chi connectivity index (χ0n) is 9.08. The molecule has 6 heteroatoms. The number of aliphatic hydroxyl groups is 2. The standard InChI is InChI=1S/C11H14N2O4/c12-10-6(11(16)17)2-1-3-7(10)13-4-8(14)9(15)5-13/h1-3,8-9,14-15H,4-5,12H2,(H,16,17). The summed E-state index contributed by atoms with van der Waals surface area (Å²) in [6.07, 6.45) is -1.66. The Bertz CT molecular complexity index is 439. The van der Waals surface area contributed by atoms with Gasteiger partial charge in [0.1, 0.15) is 0 Å². The van der Waals surface area contributed by atoms with Crippen LogP contribution in [0, 0.1) is 0 Å². The first-order valence-electron chi connectivity index (χ1n) is 5.23. The van der Waals surface area contributed by atoms with Gasteiger partial charge in [0.15, 0.2) is 0 Å². The molecule has 1 aromatic rings. The number of anilines is 2. The Morgan fingerprint density at radius 2 is 1.88 bits per heavy atom. The molecule has 1 heterocycles. The molecule has 0 spiro atoms. The van der Waals surface area contributed by atoms with Crippen LogP contribution in [0.5, 0.6) is 0 Å². The van der Waals surface area contributed by atoms with Crippen LogP contribution < -0.4 is 10.6 Å². The molecule has 92 valence electrons. The molecule has 17 heavy (non-hydrogen) atoms. The lowest BCUT2D eigenvalue weighted by molar-refractivity contribution is 0.0572. The number of β-amino-alcohol motifs (C(OH)–C–C–N with tert-alkyl or cyclic N) is 2. The molecule has 1 fully saturated rings. The quantitative estimate of drug-likeness (QED) is 0.518. The van der Waals surface area contributed by atoms with Gasteiger partial charge in [-0.25, -0.2) is 4.79 Å². The van der Waals surface area contributed by atoms with E-state index in [0.29, 0.717) is 5.69 Å². The number of carboxylic acids is 1. The van der Waals surface area contributed by atoms with E-state index in [1.54, 1.807) is 17.0 Å². The maximum absolute atomic E-state index is 10.9. The molecule has 0 aromatic heterocycles. The number of nitrogens with two attached hydrogens (primary N) is 1. The fourth-order valence-electron chi connectivity index (χ4n) is 1.98. The number of hydrogen-bond acceptors (Lipinski definition) is 5. The third-order valence-electron chi connectivity index (χ3n) is 2.91. The average molecular weight is 238 g/mol. The summed E-state index contributed by atoms with van der Waals surface area (Å²) in [5.74, 6) is -1.09. The minimum atomic E-state index is -1.09. The molecule has 2 unspecified atom stereocenters. The van der Waals surface area contributed by atoms with Gasteiger partial charge in [-0.05, 0) is 12.1 Å². The lowest BCUT2D eigenvalue weighted by Crippen LogP contribution is -2.23. The van der Waals surface area contributed by atoms with Gasteiger partial charge < -0.3 is 26.0 Å². The van der Waals surface area contributed by atoms with Gasteiger partial charge in [0.05, 0.1) is 29.1 Å². The second-order valence-corrected chi connectivity index (χ2v) is 4.08. The maximum Gasteiger partial charge on any atom is 0.337 e. The van der Waals surface area contributed by atoms with Crippen LogP contribution >= 0.6 is 0 Å². The summed E-state index contributed by atoms with van der Waals surface area (Å²) in [4.78, 5) is 12.6. The van der Waals surface area contributed by atoms with Crippen molar-refractivity contribution in [3.63, 3.8) is 0 Å². The first kappa shape index (κ1) is 11.7. The first-order valence-corrected chi connectivity index (χ1v) is 5.23. The summed E-state index contributed by atoms with van der Waals surface area (Å²) in [6.45, 7) is 0.489. The van der Waals surface area contributed by atoms with Gasteiger partial charge >= 0.3 is 5.97 Å². The van der Waals surface area contributed by atoms with Crippen LogP contribution in [0.2, 0.25) is 0 Å². The minimum absolute atomic E-state index is 0.0263. The highest BCUT2D eigenvalue weighted by Crippen LogP contribution is 2.29. The van der Waals surface area contributed by atoms with Gasteiger partial charge in [0.25, 0.3) is 0 Å². The van der Waals surface area contributed by atoms with E-state index < -0.39 is 18.2 Å². The van der Waals surface area contributed by atoms with Gasteiger partial charge in [0, 0.05) is 13.1 Å². The van der Waals surface area contributed by atoms with Gasteiger partial charge in [-0.2, -0.15) is 0 Å². The number of hydrogen-bond donors (Lipinski definition) is 4. The third-order valence-corrected chi connectivity index (χ3v) is 2.91. The van der Waals surface area contributed by atoms with E-state index >= 15 is 0 Å². The molecule has 0 radical (unpaired) electrons. The molecule has 5 N–H and O–H groups in total. The molecule has 0 aliphatic carbocycles. The second kappa shape index (κ2) is 4.23. The molecule has 2 rings (SSSR count). The zero-order chi connectivity index (χ0) is 12.6. The van der Waals surface area contributed by atoms with Crippen LogP contribution in [0.25, 0.3) is 0 Å². The number of aromatic carboxylic acids is 1. The van der Waals surface area contributed by atoms with E-state index in [2.05, 4.69) is 0 Å². The fraction of sp³-hybridized carbons (Fsp3) is 0.364. The number of aliphatic hydroxyl groups excluding tert-OH is 2. The van der Waals surface area contributed by atoms with E-state index in [9.17, 15) is 15.0 Å². The van der Waals surface area contributed by atoms with Crippen LogP contribution in [-0.2, 0) is 0 Å². The highest BCUT2D eigenvalue weighted by Gasteiger charge is 2.31. The highest BCUT2D eigenvalue weighted by molar-refractivity contribution is 5.97. The third kappa shape index (κ3) is 2.04. The molecular formula is C11H14N2O4. The van der Waals surface area contributed by atoms with Crippen LogP contribution in [0.4, 0.5) is 11.4 Å². The van der Waals surface area contributed by atoms with E-state index in [1.807, 2.05) is 0 Å². The van der Waals surface area contributed by atoms with Gasteiger partial charge in [-0.3, -0.25) is 0 Å². The molecule has 2 atom stereocenters. The number of nitrogen functional groups attached to an aromatic ring is 1. The number of para-hydroxylation sites is 1. The SMILES string of the molecule is Nc1c(C(=O)O)cccc1N1CC(O)C(O)C1. The van der Waals surface area contributed by atoms with Crippen molar-refractivity contribution in [2.75, 3.05) is 23.7 Å². The van der Waals surface area contributed by atoms with E-state index in [4.69, 9.17) is 10.8 Å². The number of carboxylic acid groups (broad SMARTS) is 1. The van der Waals surface area contributed by atoms with E-state index in [1.165, 1.54) is 6.07 Å². The fourth-order valence-corrected chi connectivity index (χ4v) is 1.98. The summed E-state index contributed by atoms with van der Waals surface area (Å²) in [7, 11) is 0. The Balaban J connectivity index is 2.34. The van der Waals surface area contributed by atoms with Crippen LogP contribution in [0.15, 0.2) is 18.2 Å². The van der Waals surface area contributed by atoms with Crippen molar-refractivity contribution < 1.29 is 20.1 Å². The lowest BCUT2D eigenvalue weighted by atomic mass is 10.1. The van der Waals surface area contributed by atoms with Crippen LogP contribution in [0.1, 0.15) is 10.4 Å². The van der Waals surface area contributed by atoms with Gasteiger partial charge in [-0.15, -0.1) is 0 Å². The normalized spacial score (nSPS) is 24.0. The topological polar surface area (TPSA) is 107 Å². The monoisotopic (exact) mass is 238 g/mol. The molecule has 1 saturated heterocycles. The largest absolute Gasteiger partial charge is 0.478 e. The molecule has 1 aliphatic heterocycles. The van der Waals surface area contributed by atoms with Crippen molar-refractivity contribution in [2.45, 2.75) is 12.2 Å². The predicted octanol–water partition coefficient (Wildman–Crippen LogP) is -0.491. The first-order chi connectivity index (χ1) is 8.00. The predicted molar refractivity (Wildman–Crippen MR) is 62.0 cm³/mol. The van der Waals surface area contributed by atoms with Crippen molar-refractivity contribution in [3.05, 3.63) is 23.8 Å². The molecule has 6 nitrogen and oxygen atoms in total. The van der Waals surface area contributed by atoms with E-state index in [-0.39, 0.29) is 24.3 Å². The van der Waals surface area contributed by atoms with Crippen molar-refractivity contribution >= 4 is 17.3 Å². The Morgan fingerprint density at radius 3 is 2.41 bits per heavy atom. The summed E-state index contributed by atoms with van der Waals surface area (Å²) < 4.78 is 0. The molecule has 1 aliphatic rings. The zero-order valence-corrected chi connectivity index (χ0v) is 9.08. The summed E-state index contributed by atoms with van der Waals surface area (Å²) in [5.41, 5.74) is 6.48. The Morgan fingerprint density at radius 1 is 1.29 bits per heavy atom. The highest BCUT2D eigenvalue weighted by atomic mass is 16.4.